The maximum absolute atomic E-state index is 12.2. The Balaban J connectivity index is 1.77. The zero-order chi connectivity index (χ0) is 18.4. The first kappa shape index (κ1) is 18.5. The lowest BCUT2D eigenvalue weighted by Crippen LogP contribution is -2.67. The predicted molar refractivity (Wildman–Crippen MR) is 94.4 cm³/mol. The van der Waals surface area contributed by atoms with E-state index in [4.69, 9.17) is 4.74 Å². The number of ether oxygens (including phenoxy) is 1. The maximum atomic E-state index is 12.2. The van der Waals surface area contributed by atoms with Crippen molar-refractivity contribution in [1.82, 2.24) is 9.80 Å². The summed E-state index contributed by atoms with van der Waals surface area (Å²) in [7, 11) is 1.48. The quantitative estimate of drug-likeness (QED) is 0.774. The van der Waals surface area contributed by atoms with Gasteiger partial charge in [-0.3, -0.25) is 9.69 Å². The molecule has 2 aliphatic heterocycles. The van der Waals surface area contributed by atoms with E-state index >= 15 is 0 Å². The number of carbonyl (C=O) groups excluding carboxylic acids is 1. The van der Waals surface area contributed by atoms with E-state index in [1.165, 1.54) is 7.11 Å². The molecular formula is C19H32N2O4. The summed E-state index contributed by atoms with van der Waals surface area (Å²) >= 11 is 0. The van der Waals surface area contributed by atoms with Crippen molar-refractivity contribution in [2.24, 2.45) is 16.7 Å². The normalized spacial score (nSPS) is 32.5. The van der Waals surface area contributed by atoms with Crippen LogP contribution < -0.4 is 0 Å². The third kappa shape index (κ3) is 3.14. The van der Waals surface area contributed by atoms with Gasteiger partial charge in [0, 0.05) is 19.1 Å². The summed E-state index contributed by atoms with van der Waals surface area (Å²) in [4.78, 5) is 27.3. The molecule has 25 heavy (non-hydrogen) atoms. The number of hydrogen-bond acceptors (Lipinski definition) is 4. The van der Waals surface area contributed by atoms with Crippen LogP contribution in [0.4, 0.5) is 4.79 Å². The molecule has 1 N–H and O–H groups in total. The maximum Gasteiger partial charge on any atom is 0.407 e. The summed E-state index contributed by atoms with van der Waals surface area (Å²) in [6.45, 7) is 9.10. The minimum atomic E-state index is -0.802. The van der Waals surface area contributed by atoms with Crippen LogP contribution in [0.15, 0.2) is 0 Å². The molecule has 1 saturated carbocycles. The van der Waals surface area contributed by atoms with E-state index in [0.717, 1.165) is 38.6 Å². The molecule has 3 rings (SSSR count). The molecule has 3 aliphatic rings. The zero-order valence-electron chi connectivity index (χ0n) is 16.0. The number of carboxylic acid groups (broad SMARTS) is 1. The van der Waals surface area contributed by atoms with Crippen LogP contribution in [0.2, 0.25) is 0 Å². The van der Waals surface area contributed by atoms with Gasteiger partial charge < -0.3 is 14.7 Å². The van der Waals surface area contributed by atoms with Crippen molar-refractivity contribution in [3.63, 3.8) is 0 Å². The Kier molecular flexibility index (Phi) is 4.77. The highest BCUT2D eigenvalue weighted by atomic mass is 16.5. The number of hydrogen-bond donors (Lipinski definition) is 1. The van der Waals surface area contributed by atoms with Crippen LogP contribution in [0.3, 0.4) is 0 Å². The molecular weight excluding hydrogens is 320 g/mol. The van der Waals surface area contributed by atoms with E-state index in [1.54, 1.807) is 4.90 Å². The van der Waals surface area contributed by atoms with Crippen molar-refractivity contribution in [2.45, 2.75) is 65.0 Å². The van der Waals surface area contributed by atoms with Gasteiger partial charge in [-0.25, -0.2) is 4.79 Å². The molecule has 0 radical (unpaired) electrons. The van der Waals surface area contributed by atoms with Crippen LogP contribution in [0.1, 0.15) is 52.9 Å². The highest BCUT2D eigenvalue weighted by Crippen LogP contribution is 2.62. The van der Waals surface area contributed by atoms with Crippen molar-refractivity contribution in [2.75, 3.05) is 26.7 Å². The second kappa shape index (κ2) is 6.45. The van der Waals surface area contributed by atoms with Gasteiger partial charge in [-0.1, -0.05) is 20.8 Å². The first-order chi connectivity index (χ1) is 11.7. The Morgan fingerprint density at radius 2 is 1.80 bits per heavy atom. The van der Waals surface area contributed by atoms with Gasteiger partial charge in [0.2, 0.25) is 0 Å². The Labute approximate surface area is 150 Å². The monoisotopic (exact) mass is 352 g/mol. The Morgan fingerprint density at radius 1 is 1.16 bits per heavy atom. The standard InChI is InChI=1S/C19H32N2O4/c1-18(2,3)15-14(21-9-5-6-13(21)16(22)25-4)12-19(15)7-10-20(11-8-19)17(23)24/h13-15H,5-12H2,1-4H3,(H,23,24)/t13-,14?,15?/m1/s1. The van der Waals surface area contributed by atoms with Crippen LogP contribution in [-0.2, 0) is 9.53 Å². The molecule has 0 bridgehead atoms. The van der Waals surface area contributed by atoms with E-state index in [9.17, 15) is 14.7 Å². The molecule has 0 aromatic carbocycles. The van der Waals surface area contributed by atoms with Gasteiger partial charge in [-0.2, -0.15) is 0 Å². The number of esters is 1. The average molecular weight is 352 g/mol. The van der Waals surface area contributed by atoms with Gasteiger partial charge in [0.15, 0.2) is 0 Å². The smallest absolute Gasteiger partial charge is 0.407 e. The van der Waals surface area contributed by atoms with Crippen molar-refractivity contribution in [3.05, 3.63) is 0 Å². The lowest BCUT2D eigenvalue weighted by Gasteiger charge is -2.65. The Bertz CT molecular complexity index is 534. The van der Waals surface area contributed by atoms with E-state index in [-0.39, 0.29) is 22.8 Å². The number of carbonyl (C=O) groups is 2. The second-order valence-electron chi connectivity index (χ2n) is 9.17. The van der Waals surface area contributed by atoms with E-state index in [0.29, 0.717) is 25.0 Å². The molecule has 6 heteroatoms. The fourth-order valence-electron chi connectivity index (χ4n) is 5.95. The molecule has 3 fully saturated rings. The van der Waals surface area contributed by atoms with Crippen LogP contribution >= 0.6 is 0 Å². The lowest BCUT2D eigenvalue weighted by molar-refractivity contribution is -0.169. The van der Waals surface area contributed by atoms with E-state index in [2.05, 4.69) is 25.7 Å². The number of piperidine rings is 1. The lowest BCUT2D eigenvalue weighted by atomic mass is 9.46. The topological polar surface area (TPSA) is 70.1 Å². The summed E-state index contributed by atoms with van der Waals surface area (Å²) in [5.74, 6) is 0.382. The van der Waals surface area contributed by atoms with Crippen LogP contribution in [-0.4, -0.2) is 65.8 Å². The average Bonchev–Trinajstić information content (AvgIpc) is 2.99. The molecule has 6 nitrogen and oxygen atoms in total. The molecule has 2 heterocycles. The summed E-state index contributed by atoms with van der Waals surface area (Å²) in [6, 6.07) is 0.305. The molecule has 142 valence electrons. The number of methoxy groups -OCH3 is 1. The Hall–Kier alpha value is -1.30. The largest absolute Gasteiger partial charge is 0.468 e. The number of rotatable bonds is 2. The van der Waals surface area contributed by atoms with E-state index < -0.39 is 6.09 Å². The summed E-state index contributed by atoms with van der Waals surface area (Å²) < 4.78 is 5.03. The number of amides is 1. The predicted octanol–water partition coefficient (Wildman–Crippen LogP) is 2.82. The fraction of sp³-hybridized carbons (Fsp3) is 0.895. The molecule has 1 amide bonds. The van der Waals surface area contributed by atoms with E-state index in [1.807, 2.05) is 0 Å². The number of likely N-dealkylation sites (tertiary alicyclic amines) is 2. The van der Waals surface area contributed by atoms with Gasteiger partial charge in [0.25, 0.3) is 0 Å². The summed E-state index contributed by atoms with van der Waals surface area (Å²) in [5.41, 5.74) is 0.357. The van der Waals surface area contributed by atoms with Gasteiger partial charge in [0.05, 0.1) is 7.11 Å². The SMILES string of the molecule is COC(=O)[C@H]1CCCN1C1CC2(CCN(C(=O)O)CC2)C1C(C)(C)C. The molecule has 0 aromatic rings. The highest BCUT2D eigenvalue weighted by molar-refractivity contribution is 5.76. The van der Waals surface area contributed by atoms with Gasteiger partial charge in [-0.15, -0.1) is 0 Å². The fourth-order valence-corrected chi connectivity index (χ4v) is 5.95. The first-order valence-electron chi connectivity index (χ1n) is 9.51. The minimum Gasteiger partial charge on any atom is -0.468 e. The van der Waals surface area contributed by atoms with Gasteiger partial charge in [-0.05, 0) is 55.4 Å². The minimum absolute atomic E-state index is 0.101. The summed E-state index contributed by atoms with van der Waals surface area (Å²) in [6.07, 6.45) is 4.09. The third-order valence-electron chi connectivity index (χ3n) is 6.82. The molecule has 1 spiro atoms. The van der Waals surface area contributed by atoms with Crippen molar-refractivity contribution in [3.8, 4) is 0 Å². The van der Waals surface area contributed by atoms with Crippen molar-refractivity contribution >= 4 is 12.1 Å². The molecule has 1 aliphatic carbocycles. The summed E-state index contributed by atoms with van der Waals surface area (Å²) in [5, 5.41) is 9.24. The van der Waals surface area contributed by atoms with Crippen LogP contribution in [0.5, 0.6) is 0 Å². The van der Waals surface area contributed by atoms with Crippen LogP contribution in [0, 0.1) is 16.7 Å². The van der Waals surface area contributed by atoms with Crippen molar-refractivity contribution in [1.29, 1.82) is 0 Å². The highest BCUT2D eigenvalue weighted by Gasteiger charge is 2.61. The third-order valence-corrected chi connectivity index (χ3v) is 6.82. The molecule has 2 saturated heterocycles. The zero-order valence-corrected chi connectivity index (χ0v) is 16.0. The Morgan fingerprint density at radius 3 is 2.32 bits per heavy atom. The molecule has 2 unspecified atom stereocenters. The molecule has 0 aromatic heterocycles. The van der Waals surface area contributed by atoms with Gasteiger partial charge in [0.1, 0.15) is 6.04 Å². The first-order valence-corrected chi connectivity index (χ1v) is 9.51. The second-order valence-corrected chi connectivity index (χ2v) is 9.17. The number of nitrogens with zero attached hydrogens (tertiary/aromatic N) is 2. The van der Waals surface area contributed by atoms with Crippen molar-refractivity contribution < 1.29 is 19.4 Å². The molecule has 3 atom stereocenters. The van der Waals surface area contributed by atoms with Crippen LogP contribution in [0.25, 0.3) is 0 Å². The van der Waals surface area contributed by atoms with Gasteiger partial charge >= 0.3 is 12.1 Å².